The molecular formula is C16H18N2O3. The normalized spacial score (nSPS) is 11.9. The summed E-state index contributed by atoms with van der Waals surface area (Å²) in [5.41, 5.74) is 1.86. The highest BCUT2D eigenvalue weighted by Crippen LogP contribution is 2.19. The summed E-state index contributed by atoms with van der Waals surface area (Å²) in [5.74, 6) is -0.204. The molecule has 1 aromatic carbocycles. The monoisotopic (exact) mass is 286 g/mol. The quantitative estimate of drug-likeness (QED) is 0.854. The van der Waals surface area contributed by atoms with E-state index in [1.165, 1.54) is 6.07 Å². The Kier molecular flexibility index (Phi) is 4.90. The fraction of sp³-hybridized carbons (Fsp3) is 0.250. The van der Waals surface area contributed by atoms with E-state index in [9.17, 15) is 4.79 Å². The number of benzene rings is 1. The molecule has 0 aliphatic heterocycles. The molecule has 0 saturated heterocycles. The predicted octanol–water partition coefficient (Wildman–Crippen LogP) is 2.64. The zero-order valence-electron chi connectivity index (χ0n) is 12.0. The lowest BCUT2D eigenvalue weighted by Crippen LogP contribution is -2.19. The van der Waals surface area contributed by atoms with Crippen LogP contribution in [0.1, 0.15) is 34.7 Å². The van der Waals surface area contributed by atoms with Gasteiger partial charge in [0.1, 0.15) is 11.4 Å². The SMILES string of the molecule is COc1cccc([C@@H](C)NCc2cccc(C(=O)O)n2)c1. The standard InChI is InChI=1S/C16H18N2O3/c1-11(12-5-3-7-14(9-12)21-2)17-10-13-6-4-8-15(18-13)16(19)20/h3-9,11,17H,10H2,1-2H3,(H,19,20)/t11-/m1/s1. The van der Waals surface area contributed by atoms with Crippen molar-refractivity contribution in [3.05, 3.63) is 59.4 Å². The molecule has 21 heavy (non-hydrogen) atoms. The minimum Gasteiger partial charge on any atom is -0.497 e. The molecule has 5 heteroatoms. The minimum absolute atomic E-state index is 0.0586. The largest absolute Gasteiger partial charge is 0.497 e. The Morgan fingerprint density at radius 3 is 2.81 bits per heavy atom. The fourth-order valence-electron chi connectivity index (χ4n) is 1.98. The first-order valence-electron chi connectivity index (χ1n) is 6.66. The molecule has 0 fully saturated rings. The number of hydrogen-bond donors (Lipinski definition) is 2. The van der Waals surface area contributed by atoms with Crippen molar-refractivity contribution in [3.63, 3.8) is 0 Å². The van der Waals surface area contributed by atoms with Gasteiger partial charge in [-0.25, -0.2) is 9.78 Å². The Balaban J connectivity index is 2.01. The van der Waals surface area contributed by atoms with Crippen molar-refractivity contribution >= 4 is 5.97 Å². The molecule has 1 heterocycles. The third-order valence-electron chi connectivity index (χ3n) is 3.21. The molecule has 2 aromatic rings. The Bertz CT molecular complexity index is 628. The number of carbonyl (C=O) groups is 1. The molecule has 0 amide bonds. The molecule has 0 radical (unpaired) electrons. The van der Waals surface area contributed by atoms with Crippen LogP contribution in [0.25, 0.3) is 0 Å². The van der Waals surface area contributed by atoms with Crippen molar-refractivity contribution in [1.29, 1.82) is 0 Å². The Morgan fingerprint density at radius 2 is 2.10 bits per heavy atom. The van der Waals surface area contributed by atoms with Gasteiger partial charge in [0.25, 0.3) is 0 Å². The summed E-state index contributed by atoms with van der Waals surface area (Å²) in [6, 6.07) is 12.9. The van der Waals surface area contributed by atoms with Gasteiger partial charge in [-0.2, -0.15) is 0 Å². The van der Waals surface area contributed by atoms with Crippen LogP contribution in [-0.2, 0) is 6.54 Å². The lowest BCUT2D eigenvalue weighted by atomic mass is 10.1. The van der Waals surface area contributed by atoms with Crippen molar-refractivity contribution in [2.45, 2.75) is 19.5 Å². The number of ether oxygens (including phenoxy) is 1. The highest BCUT2D eigenvalue weighted by molar-refractivity contribution is 5.85. The van der Waals surface area contributed by atoms with Gasteiger partial charge in [0.05, 0.1) is 12.8 Å². The van der Waals surface area contributed by atoms with Crippen molar-refractivity contribution < 1.29 is 14.6 Å². The van der Waals surface area contributed by atoms with Crippen LogP contribution in [-0.4, -0.2) is 23.2 Å². The molecule has 0 aliphatic rings. The van der Waals surface area contributed by atoms with Crippen LogP contribution in [0, 0.1) is 0 Å². The molecule has 1 atom stereocenters. The summed E-state index contributed by atoms with van der Waals surface area (Å²) in [7, 11) is 1.64. The topological polar surface area (TPSA) is 71.5 Å². The second-order valence-corrected chi connectivity index (χ2v) is 4.70. The van der Waals surface area contributed by atoms with Gasteiger partial charge in [-0.1, -0.05) is 18.2 Å². The fourth-order valence-corrected chi connectivity index (χ4v) is 1.98. The maximum absolute atomic E-state index is 10.9. The molecule has 0 unspecified atom stereocenters. The lowest BCUT2D eigenvalue weighted by Gasteiger charge is -2.15. The number of rotatable bonds is 6. The van der Waals surface area contributed by atoms with Gasteiger partial charge in [-0.05, 0) is 36.8 Å². The summed E-state index contributed by atoms with van der Waals surface area (Å²) < 4.78 is 5.20. The summed E-state index contributed by atoms with van der Waals surface area (Å²) >= 11 is 0. The first kappa shape index (κ1) is 15.0. The number of methoxy groups -OCH3 is 1. The first-order chi connectivity index (χ1) is 10.1. The smallest absolute Gasteiger partial charge is 0.354 e. The van der Waals surface area contributed by atoms with Gasteiger partial charge in [-0.3, -0.25) is 0 Å². The average Bonchev–Trinajstić information content (AvgIpc) is 2.53. The van der Waals surface area contributed by atoms with Crippen molar-refractivity contribution in [3.8, 4) is 5.75 Å². The van der Waals surface area contributed by atoms with E-state index in [1.807, 2.05) is 31.2 Å². The highest BCUT2D eigenvalue weighted by Gasteiger charge is 2.08. The zero-order valence-corrected chi connectivity index (χ0v) is 12.0. The van der Waals surface area contributed by atoms with E-state index < -0.39 is 5.97 Å². The summed E-state index contributed by atoms with van der Waals surface area (Å²) in [6.45, 7) is 2.54. The summed E-state index contributed by atoms with van der Waals surface area (Å²) in [5, 5.41) is 12.2. The van der Waals surface area contributed by atoms with Crippen LogP contribution < -0.4 is 10.1 Å². The number of pyridine rings is 1. The maximum Gasteiger partial charge on any atom is 0.354 e. The summed E-state index contributed by atoms with van der Waals surface area (Å²) in [6.07, 6.45) is 0. The van der Waals surface area contributed by atoms with Crippen LogP contribution in [0.3, 0.4) is 0 Å². The van der Waals surface area contributed by atoms with Gasteiger partial charge >= 0.3 is 5.97 Å². The number of aromatic nitrogens is 1. The summed E-state index contributed by atoms with van der Waals surface area (Å²) in [4.78, 5) is 15.0. The lowest BCUT2D eigenvalue weighted by molar-refractivity contribution is 0.0690. The molecule has 5 nitrogen and oxygen atoms in total. The van der Waals surface area contributed by atoms with E-state index >= 15 is 0 Å². The van der Waals surface area contributed by atoms with Crippen molar-refractivity contribution in [2.24, 2.45) is 0 Å². The molecule has 0 aliphatic carbocycles. The second-order valence-electron chi connectivity index (χ2n) is 4.70. The zero-order chi connectivity index (χ0) is 15.2. The van der Waals surface area contributed by atoms with Gasteiger partial charge in [0.2, 0.25) is 0 Å². The molecular weight excluding hydrogens is 268 g/mol. The molecule has 110 valence electrons. The first-order valence-corrected chi connectivity index (χ1v) is 6.66. The van der Waals surface area contributed by atoms with Gasteiger partial charge < -0.3 is 15.2 Å². The van der Waals surface area contributed by atoms with Gasteiger partial charge in [-0.15, -0.1) is 0 Å². The predicted molar refractivity (Wildman–Crippen MR) is 79.4 cm³/mol. The van der Waals surface area contributed by atoms with E-state index in [1.54, 1.807) is 19.2 Å². The van der Waals surface area contributed by atoms with E-state index in [-0.39, 0.29) is 11.7 Å². The van der Waals surface area contributed by atoms with E-state index in [2.05, 4.69) is 10.3 Å². The minimum atomic E-state index is -1.02. The highest BCUT2D eigenvalue weighted by atomic mass is 16.5. The third kappa shape index (κ3) is 4.03. The molecule has 2 rings (SSSR count). The Labute approximate surface area is 123 Å². The third-order valence-corrected chi connectivity index (χ3v) is 3.21. The van der Waals surface area contributed by atoms with E-state index in [0.717, 1.165) is 11.3 Å². The van der Waals surface area contributed by atoms with E-state index in [4.69, 9.17) is 9.84 Å². The second kappa shape index (κ2) is 6.85. The maximum atomic E-state index is 10.9. The number of nitrogens with zero attached hydrogens (tertiary/aromatic N) is 1. The number of nitrogens with one attached hydrogen (secondary N) is 1. The van der Waals surface area contributed by atoms with Crippen LogP contribution in [0.2, 0.25) is 0 Å². The number of aromatic carboxylic acids is 1. The average molecular weight is 286 g/mol. The number of carboxylic acids is 1. The van der Waals surface area contributed by atoms with Crippen molar-refractivity contribution in [1.82, 2.24) is 10.3 Å². The van der Waals surface area contributed by atoms with Crippen LogP contribution in [0.4, 0.5) is 0 Å². The number of hydrogen-bond acceptors (Lipinski definition) is 4. The molecule has 0 bridgehead atoms. The van der Waals surface area contributed by atoms with Gasteiger partial charge in [0.15, 0.2) is 0 Å². The van der Waals surface area contributed by atoms with Crippen LogP contribution >= 0.6 is 0 Å². The molecule has 0 spiro atoms. The Morgan fingerprint density at radius 1 is 1.33 bits per heavy atom. The molecule has 0 saturated carbocycles. The molecule has 2 N–H and O–H groups in total. The molecule has 1 aromatic heterocycles. The Hall–Kier alpha value is -2.40. The van der Waals surface area contributed by atoms with Crippen LogP contribution in [0.15, 0.2) is 42.5 Å². The van der Waals surface area contributed by atoms with E-state index in [0.29, 0.717) is 12.2 Å². The number of carboxylic acid groups (broad SMARTS) is 1. The van der Waals surface area contributed by atoms with Crippen LogP contribution in [0.5, 0.6) is 5.75 Å². The van der Waals surface area contributed by atoms with Gasteiger partial charge in [0, 0.05) is 12.6 Å². The van der Waals surface area contributed by atoms with Crippen molar-refractivity contribution in [2.75, 3.05) is 7.11 Å².